The number of rotatable bonds is 5. The molecule has 0 aromatic carbocycles. The fraction of sp³-hybridized carbons (Fsp3) is 0.400. The van der Waals surface area contributed by atoms with Crippen LogP contribution in [0.3, 0.4) is 0 Å². The van der Waals surface area contributed by atoms with Crippen LogP contribution in [-0.2, 0) is 6.18 Å². The second kappa shape index (κ2) is 5.94. The van der Waals surface area contributed by atoms with Gasteiger partial charge in [0.25, 0.3) is 5.91 Å². The van der Waals surface area contributed by atoms with Gasteiger partial charge in [-0.1, -0.05) is 0 Å². The van der Waals surface area contributed by atoms with E-state index in [0.717, 1.165) is 12.1 Å². The smallest absolute Gasteiger partial charge is 0.369 e. The molecule has 1 aromatic rings. The number of hydrogen-bond donors (Lipinski definition) is 2. The molecule has 0 saturated heterocycles. The zero-order valence-corrected chi connectivity index (χ0v) is 10.4. The molecule has 1 aromatic heterocycles. The average Bonchev–Trinajstić information content (AvgIpc) is 2.27. The quantitative estimate of drug-likeness (QED) is 0.809. The van der Waals surface area contributed by atoms with Crippen molar-refractivity contribution in [3.05, 3.63) is 23.4 Å². The zero-order valence-electron chi connectivity index (χ0n) is 9.54. The molecular formula is C10H12F3N3OS. The highest BCUT2D eigenvalue weighted by molar-refractivity contribution is 7.98. The molecule has 0 saturated carbocycles. The van der Waals surface area contributed by atoms with Crippen molar-refractivity contribution in [2.75, 3.05) is 23.9 Å². The molecule has 8 heteroatoms. The van der Waals surface area contributed by atoms with E-state index >= 15 is 0 Å². The predicted octanol–water partition coefficient (Wildman–Crippen LogP) is 1.97. The molecule has 0 aliphatic heterocycles. The molecule has 0 spiro atoms. The van der Waals surface area contributed by atoms with Gasteiger partial charge in [0, 0.05) is 12.3 Å². The lowest BCUT2D eigenvalue weighted by molar-refractivity contribution is -0.141. The number of halogens is 3. The highest BCUT2D eigenvalue weighted by Crippen LogP contribution is 2.29. The Bertz CT molecular complexity index is 437. The van der Waals surface area contributed by atoms with E-state index in [4.69, 9.17) is 5.73 Å². The van der Waals surface area contributed by atoms with Crippen molar-refractivity contribution in [2.45, 2.75) is 6.18 Å². The second-order valence-electron chi connectivity index (χ2n) is 3.37. The minimum absolute atomic E-state index is 0.0518. The number of hydrogen-bond acceptors (Lipinski definition) is 4. The lowest BCUT2D eigenvalue weighted by Crippen LogP contribution is -2.19. The molecule has 3 N–H and O–H groups in total. The van der Waals surface area contributed by atoms with Crippen molar-refractivity contribution in [3.8, 4) is 0 Å². The highest BCUT2D eigenvalue weighted by Gasteiger charge is 2.33. The van der Waals surface area contributed by atoms with Gasteiger partial charge in [0.2, 0.25) is 0 Å². The van der Waals surface area contributed by atoms with E-state index in [1.165, 1.54) is 11.8 Å². The van der Waals surface area contributed by atoms with Crippen LogP contribution in [-0.4, -0.2) is 29.4 Å². The van der Waals surface area contributed by atoms with Crippen molar-refractivity contribution >= 4 is 23.5 Å². The Balaban J connectivity index is 3.04. The molecule has 100 valence electrons. The van der Waals surface area contributed by atoms with Crippen molar-refractivity contribution in [1.29, 1.82) is 0 Å². The van der Waals surface area contributed by atoms with E-state index in [0.29, 0.717) is 12.3 Å². The van der Waals surface area contributed by atoms with Crippen molar-refractivity contribution in [3.63, 3.8) is 0 Å². The SMILES string of the molecule is CSCCNc1nc(C(F)(F)F)ccc1C(N)=O. The first-order chi connectivity index (χ1) is 8.36. The van der Waals surface area contributed by atoms with Crippen LogP contribution in [0.4, 0.5) is 19.0 Å². The number of amides is 1. The molecule has 1 rings (SSSR count). The van der Waals surface area contributed by atoms with Gasteiger partial charge in [0.15, 0.2) is 0 Å². The topological polar surface area (TPSA) is 68.0 Å². The van der Waals surface area contributed by atoms with E-state index in [1.54, 1.807) is 0 Å². The van der Waals surface area contributed by atoms with E-state index in [1.807, 2.05) is 6.26 Å². The number of thioether (sulfide) groups is 1. The molecule has 0 atom stereocenters. The maximum atomic E-state index is 12.5. The molecule has 18 heavy (non-hydrogen) atoms. The molecule has 1 amide bonds. The van der Waals surface area contributed by atoms with Crippen LogP contribution in [0.5, 0.6) is 0 Å². The molecule has 0 aliphatic carbocycles. The number of nitrogens with two attached hydrogens (primary N) is 1. The van der Waals surface area contributed by atoms with E-state index in [2.05, 4.69) is 10.3 Å². The Kier molecular flexibility index (Phi) is 4.83. The molecular weight excluding hydrogens is 267 g/mol. The van der Waals surface area contributed by atoms with E-state index in [9.17, 15) is 18.0 Å². The summed E-state index contributed by atoms with van der Waals surface area (Å²) in [6, 6.07) is 1.76. The van der Waals surface area contributed by atoms with Crippen LogP contribution in [0.25, 0.3) is 0 Å². The summed E-state index contributed by atoms with van der Waals surface area (Å²) in [5.74, 6) is -0.273. The van der Waals surface area contributed by atoms with Gasteiger partial charge in [-0.25, -0.2) is 4.98 Å². The van der Waals surface area contributed by atoms with Gasteiger partial charge in [0.1, 0.15) is 11.5 Å². The minimum Gasteiger partial charge on any atom is -0.369 e. The van der Waals surface area contributed by atoms with Gasteiger partial charge in [-0.2, -0.15) is 24.9 Å². The van der Waals surface area contributed by atoms with Gasteiger partial charge < -0.3 is 11.1 Å². The summed E-state index contributed by atoms with van der Waals surface area (Å²) in [6.07, 6.45) is -2.69. The molecule has 0 radical (unpaired) electrons. The van der Waals surface area contributed by atoms with Crippen molar-refractivity contribution in [1.82, 2.24) is 4.98 Å². The lowest BCUT2D eigenvalue weighted by atomic mass is 10.2. The molecule has 0 bridgehead atoms. The molecule has 1 heterocycles. The lowest BCUT2D eigenvalue weighted by Gasteiger charge is -2.12. The van der Waals surface area contributed by atoms with E-state index < -0.39 is 17.8 Å². The first kappa shape index (κ1) is 14.6. The van der Waals surface area contributed by atoms with Gasteiger partial charge in [-0.15, -0.1) is 0 Å². The highest BCUT2D eigenvalue weighted by atomic mass is 32.2. The molecule has 0 fully saturated rings. The Labute approximate surface area is 106 Å². The summed E-state index contributed by atoms with van der Waals surface area (Å²) in [6.45, 7) is 0.399. The second-order valence-corrected chi connectivity index (χ2v) is 4.36. The largest absolute Gasteiger partial charge is 0.433 e. The summed E-state index contributed by atoms with van der Waals surface area (Å²) < 4.78 is 37.4. The third-order valence-corrected chi connectivity index (χ3v) is 2.66. The Hall–Kier alpha value is -1.44. The number of nitrogens with zero attached hydrogens (tertiary/aromatic N) is 1. The number of carbonyl (C=O) groups is 1. The fourth-order valence-electron chi connectivity index (χ4n) is 1.22. The average molecular weight is 279 g/mol. The summed E-state index contributed by atoms with van der Waals surface area (Å²) in [7, 11) is 0. The number of primary amides is 1. The number of aromatic nitrogens is 1. The number of nitrogens with one attached hydrogen (secondary N) is 1. The normalized spacial score (nSPS) is 11.3. The Morgan fingerprint density at radius 3 is 2.67 bits per heavy atom. The minimum atomic E-state index is -4.55. The maximum absolute atomic E-state index is 12.5. The first-order valence-corrected chi connectivity index (χ1v) is 6.36. The standard InChI is InChI=1S/C10H12F3N3OS/c1-18-5-4-15-9-6(8(14)17)2-3-7(16-9)10(11,12)13/h2-3H,4-5H2,1H3,(H2,14,17)(H,15,16). The summed E-state index contributed by atoms with van der Waals surface area (Å²) in [5.41, 5.74) is 3.96. The van der Waals surface area contributed by atoms with Crippen LogP contribution in [0, 0.1) is 0 Å². The van der Waals surface area contributed by atoms with Crippen molar-refractivity contribution in [2.24, 2.45) is 5.73 Å². The Morgan fingerprint density at radius 1 is 1.50 bits per heavy atom. The number of pyridine rings is 1. The van der Waals surface area contributed by atoms with E-state index in [-0.39, 0.29) is 11.4 Å². The van der Waals surface area contributed by atoms with Crippen molar-refractivity contribution < 1.29 is 18.0 Å². The van der Waals surface area contributed by atoms with Crippen LogP contribution in [0.1, 0.15) is 16.1 Å². The fourth-order valence-corrected chi connectivity index (χ4v) is 1.53. The van der Waals surface area contributed by atoms with Gasteiger partial charge in [0.05, 0.1) is 5.56 Å². The summed E-state index contributed by atoms with van der Waals surface area (Å²) in [4.78, 5) is 14.5. The number of carbonyl (C=O) groups excluding carboxylic acids is 1. The predicted molar refractivity (Wildman–Crippen MR) is 64.6 cm³/mol. The first-order valence-electron chi connectivity index (χ1n) is 4.97. The van der Waals surface area contributed by atoms with Crippen LogP contribution < -0.4 is 11.1 Å². The Morgan fingerprint density at radius 2 is 2.17 bits per heavy atom. The summed E-state index contributed by atoms with van der Waals surface area (Å²) >= 11 is 1.52. The van der Waals surface area contributed by atoms with Gasteiger partial charge >= 0.3 is 6.18 Å². The third-order valence-electron chi connectivity index (χ3n) is 2.05. The third kappa shape index (κ3) is 3.80. The number of anilines is 1. The van der Waals surface area contributed by atoms with Crippen LogP contribution in [0.2, 0.25) is 0 Å². The van der Waals surface area contributed by atoms with Crippen LogP contribution in [0.15, 0.2) is 12.1 Å². The van der Waals surface area contributed by atoms with Gasteiger partial charge in [-0.05, 0) is 18.4 Å². The monoisotopic (exact) mass is 279 g/mol. The maximum Gasteiger partial charge on any atom is 0.433 e. The number of alkyl halides is 3. The van der Waals surface area contributed by atoms with Gasteiger partial charge in [-0.3, -0.25) is 4.79 Å². The summed E-state index contributed by atoms with van der Waals surface area (Å²) in [5, 5.41) is 2.68. The molecule has 0 unspecified atom stereocenters. The molecule has 0 aliphatic rings. The van der Waals surface area contributed by atoms with Crippen LogP contribution >= 0.6 is 11.8 Å². The molecule has 4 nitrogen and oxygen atoms in total. The zero-order chi connectivity index (χ0) is 13.8.